The van der Waals surface area contributed by atoms with Crippen LogP contribution in [0, 0.1) is 0 Å². The Morgan fingerprint density at radius 2 is 1.95 bits per heavy atom. The molecular weight excluding hydrogens is 344 g/mol. The first-order valence-electron chi connectivity index (χ1n) is 6.28. The van der Waals surface area contributed by atoms with Gasteiger partial charge in [0.1, 0.15) is 0 Å². The molecule has 0 radical (unpaired) electrons. The van der Waals surface area contributed by atoms with E-state index in [1.54, 1.807) is 11.8 Å². The van der Waals surface area contributed by atoms with E-state index in [2.05, 4.69) is 39.6 Å². The lowest BCUT2D eigenvalue weighted by Crippen LogP contribution is -2.01. The maximum atomic E-state index is 5.89. The molecule has 2 nitrogen and oxygen atoms in total. The van der Waals surface area contributed by atoms with Crippen LogP contribution in [0.4, 0.5) is 0 Å². The zero-order valence-electron chi connectivity index (χ0n) is 11.0. The fourth-order valence-corrected chi connectivity index (χ4v) is 3.78. The van der Waals surface area contributed by atoms with Gasteiger partial charge in [-0.25, -0.2) is 0 Å². The van der Waals surface area contributed by atoms with Gasteiger partial charge in [0.15, 0.2) is 0 Å². The van der Waals surface area contributed by atoms with Crippen LogP contribution in [0.5, 0.6) is 0 Å². The van der Waals surface area contributed by atoms with Crippen molar-refractivity contribution in [1.29, 1.82) is 0 Å². The van der Waals surface area contributed by atoms with Gasteiger partial charge in [-0.2, -0.15) is 5.10 Å². The fourth-order valence-electron chi connectivity index (χ4n) is 1.84. The molecular formula is C14H16BrClN2S. The molecule has 0 N–H and O–H groups in total. The van der Waals surface area contributed by atoms with Crippen molar-refractivity contribution < 1.29 is 0 Å². The summed E-state index contributed by atoms with van der Waals surface area (Å²) in [7, 11) is 0. The Balaban J connectivity index is 2.14. The third-order valence-electron chi connectivity index (χ3n) is 2.88. The second kappa shape index (κ2) is 6.82. The summed E-state index contributed by atoms with van der Waals surface area (Å²) in [6.07, 6.45) is 0.951. The second-order valence-corrected chi connectivity index (χ2v) is 6.40. The summed E-state index contributed by atoms with van der Waals surface area (Å²) in [5, 5.41) is 5.38. The number of aromatic nitrogens is 2. The van der Waals surface area contributed by atoms with Gasteiger partial charge in [-0.3, -0.25) is 4.68 Å². The van der Waals surface area contributed by atoms with E-state index in [1.807, 2.05) is 24.3 Å². The zero-order valence-corrected chi connectivity index (χ0v) is 14.1. The molecule has 0 saturated heterocycles. The first kappa shape index (κ1) is 14.9. The summed E-state index contributed by atoms with van der Waals surface area (Å²) in [5.74, 6) is 0.906. The fraction of sp³-hybridized carbons (Fsp3) is 0.357. The van der Waals surface area contributed by atoms with E-state index in [-0.39, 0.29) is 0 Å². The minimum absolute atomic E-state index is 0.775. The number of benzene rings is 1. The standard InChI is InChI=1S/C14H16BrClN2S/c1-3-12-14(15)13(18(4-2)17-12)9-19-11-7-5-10(16)6-8-11/h5-8H,3-4,9H2,1-2H3. The van der Waals surface area contributed by atoms with Crippen LogP contribution in [-0.2, 0) is 18.7 Å². The molecule has 0 fully saturated rings. The highest BCUT2D eigenvalue weighted by Gasteiger charge is 2.13. The van der Waals surface area contributed by atoms with Gasteiger partial charge in [0.2, 0.25) is 0 Å². The topological polar surface area (TPSA) is 17.8 Å². The number of hydrogen-bond acceptors (Lipinski definition) is 2. The van der Waals surface area contributed by atoms with Gasteiger partial charge in [0, 0.05) is 22.2 Å². The molecule has 0 amide bonds. The molecule has 0 aliphatic carbocycles. The van der Waals surface area contributed by atoms with Crippen molar-refractivity contribution in [3.05, 3.63) is 45.1 Å². The molecule has 0 unspecified atom stereocenters. The Morgan fingerprint density at radius 3 is 2.53 bits per heavy atom. The highest BCUT2D eigenvalue weighted by Crippen LogP contribution is 2.30. The Labute approximate surface area is 131 Å². The van der Waals surface area contributed by atoms with Gasteiger partial charge in [0.05, 0.1) is 15.9 Å². The minimum atomic E-state index is 0.775. The third kappa shape index (κ3) is 3.56. The lowest BCUT2D eigenvalue weighted by atomic mass is 10.3. The highest BCUT2D eigenvalue weighted by molar-refractivity contribution is 9.10. The van der Waals surface area contributed by atoms with Crippen molar-refractivity contribution in [1.82, 2.24) is 9.78 Å². The maximum Gasteiger partial charge on any atom is 0.0767 e. The van der Waals surface area contributed by atoms with E-state index in [9.17, 15) is 0 Å². The summed E-state index contributed by atoms with van der Waals surface area (Å²) in [4.78, 5) is 1.22. The van der Waals surface area contributed by atoms with Gasteiger partial charge in [0.25, 0.3) is 0 Å². The molecule has 1 aromatic heterocycles. The lowest BCUT2D eigenvalue weighted by molar-refractivity contribution is 0.627. The Kier molecular flexibility index (Phi) is 5.37. The van der Waals surface area contributed by atoms with Crippen molar-refractivity contribution in [2.24, 2.45) is 0 Å². The Morgan fingerprint density at radius 1 is 1.26 bits per heavy atom. The monoisotopic (exact) mass is 358 g/mol. The van der Waals surface area contributed by atoms with Crippen molar-refractivity contribution in [2.75, 3.05) is 0 Å². The van der Waals surface area contributed by atoms with Crippen LogP contribution >= 0.6 is 39.3 Å². The van der Waals surface area contributed by atoms with E-state index < -0.39 is 0 Å². The van der Waals surface area contributed by atoms with Gasteiger partial charge in [-0.05, 0) is 53.5 Å². The lowest BCUT2D eigenvalue weighted by Gasteiger charge is -2.05. The third-order valence-corrected chi connectivity index (χ3v) is 5.07. The molecule has 0 atom stereocenters. The van der Waals surface area contributed by atoms with Gasteiger partial charge in [-0.1, -0.05) is 18.5 Å². The first-order valence-corrected chi connectivity index (χ1v) is 8.43. The predicted octanol–water partition coefficient (Wildman–Crippen LogP) is 5.17. The van der Waals surface area contributed by atoms with E-state index >= 15 is 0 Å². The average molecular weight is 360 g/mol. The van der Waals surface area contributed by atoms with Gasteiger partial charge < -0.3 is 0 Å². The van der Waals surface area contributed by atoms with Crippen LogP contribution in [0.15, 0.2) is 33.6 Å². The molecule has 0 aliphatic rings. The molecule has 0 saturated carbocycles. The Hall–Kier alpha value is -0.450. The van der Waals surface area contributed by atoms with Crippen LogP contribution in [-0.4, -0.2) is 9.78 Å². The zero-order chi connectivity index (χ0) is 13.8. The number of rotatable bonds is 5. The molecule has 19 heavy (non-hydrogen) atoms. The molecule has 5 heteroatoms. The average Bonchev–Trinajstić information content (AvgIpc) is 2.74. The number of hydrogen-bond donors (Lipinski definition) is 0. The van der Waals surface area contributed by atoms with Gasteiger partial charge in [-0.15, -0.1) is 11.8 Å². The molecule has 2 aromatic rings. The summed E-state index contributed by atoms with van der Waals surface area (Å²) in [5.41, 5.74) is 2.38. The van der Waals surface area contributed by atoms with E-state index in [0.717, 1.165) is 33.9 Å². The molecule has 0 aliphatic heterocycles. The number of aryl methyl sites for hydroxylation is 2. The van der Waals surface area contributed by atoms with E-state index in [0.29, 0.717) is 0 Å². The second-order valence-electron chi connectivity index (χ2n) is 4.12. The molecule has 0 spiro atoms. The highest BCUT2D eigenvalue weighted by atomic mass is 79.9. The molecule has 102 valence electrons. The molecule has 1 heterocycles. The summed E-state index contributed by atoms with van der Waals surface area (Å²) in [6.45, 7) is 5.15. The number of thioether (sulfide) groups is 1. The van der Waals surface area contributed by atoms with Crippen LogP contribution in [0.1, 0.15) is 25.2 Å². The van der Waals surface area contributed by atoms with Crippen LogP contribution < -0.4 is 0 Å². The summed E-state index contributed by atoms with van der Waals surface area (Å²) < 4.78 is 3.23. The van der Waals surface area contributed by atoms with E-state index in [1.165, 1.54) is 10.6 Å². The SMILES string of the molecule is CCc1nn(CC)c(CSc2ccc(Cl)cc2)c1Br. The van der Waals surface area contributed by atoms with Gasteiger partial charge >= 0.3 is 0 Å². The molecule has 2 rings (SSSR count). The molecule has 1 aromatic carbocycles. The summed E-state index contributed by atoms with van der Waals surface area (Å²) >= 11 is 11.4. The molecule has 0 bridgehead atoms. The van der Waals surface area contributed by atoms with Crippen LogP contribution in [0.25, 0.3) is 0 Å². The number of nitrogens with zero attached hydrogens (tertiary/aromatic N) is 2. The quantitative estimate of drug-likeness (QED) is 0.685. The maximum absolute atomic E-state index is 5.89. The largest absolute Gasteiger partial charge is 0.268 e. The van der Waals surface area contributed by atoms with E-state index in [4.69, 9.17) is 11.6 Å². The van der Waals surface area contributed by atoms with Crippen molar-refractivity contribution in [3.63, 3.8) is 0 Å². The predicted molar refractivity (Wildman–Crippen MR) is 86.0 cm³/mol. The van der Waals surface area contributed by atoms with Crippen molar-refractivity contribution in [2.45, 2.75) is 37.5 Å². The number of halogens is 2. The smallest absolute Gasteiger partial charge is 0.0767 e. The van der Waals surface area contributed by atoms with Crippen molar-refractivity contribution in [3.8, 4) is 0 Å². The summed E-state index contributed by atoms with van der Waals surface area (Å²) in [6, 6.07) is 7.95. The minimum Gasteiger partial charge on any atom is -0.268 e. The first-order chi connectivity index (χ1) is 9.15. The van der Waals surface area contributed by atoms with Crippen molar-refractivity contribution >= 4 is 39.3 Å². The Bertz CT molecular complexity index is 551. The normalized spacial score (nSPS) is 10.9. The van der Waals surface area contributed by atoms with Crippen LogP contribution in [0.3, 0.4) is 0 Å². The van der Waals surface area contributed by atoms with Crippen LogP contribution in [0.2, 0.25) is 5.02 Å².